The zero-order valence-electron chi connectivity index (χ0n) is 11.9. The first-order valence-electron chi connectivity index (χ1n) is 6.79. The fourth-order valence-corrected chi connectivity index (χ4v) is 2.61. The molecule has 0 spiro atoms. The van der Waals surface area contributed by atoms with Crippen LogP contribution in [0.5, 0.6) is 0 Å². The van der Waals surface area contributed by atoms with Gasteiger partial charge in [0.25, 0.3) is 0 Å². The molecular formula is C16H26N2. The normalized spacial score (nSPS) is 16.3. The fourth-order valence-electron chi connectivity index (χ4n) is 2.61. The van der Waals surface area contributed by atoms with Crippen LogP contribution in [-0.2, 0) is 5.54 Å². The van der Waals surface area contributed by atoms with Gasteiger partial charge in [-0.15, -0.1) is 6.58 Å². The zero-order valence-corrected chi connectivity index (χ0v) is 11.9. The summed E-state index contributed by atoms with van der Waals surface area (Å²) in [6.07, 6.45) is 2.71. The Kier molecular flexibility index (Phi) is 5.57. The standard InChI is InChI=1S/C16H26N2/c1-5-13-16(17,14(4)18(6-2)7-3)15-11-9-8-10-12-15/h5,8-12,14H,1,6-7,13,17H2,2-4H3. The highest BCUT2D eigenvalue weighted by Crippen LogP contribution is 2.29. The molecule has 2 heteroatoms. The van der Waals surface area contributed by atoms with E-state index in [1.54, 1.807) is 0 Å². The molecule has 100 valence electrons. The second-order valence-corrected chi connectivity index (χ2v) is 4.80. The lowest BCUT2D eigenvalue weighted by atomic mass is 9.80. The maximum Gasteiger partial charge on any atom is 0.0599 e. The van der Waals surface area contributed by atoms with Crippen molar-refractivity contribution in [3.63, 3.8) is 0 Å². The molecule has 0 bridgehead atoms. The minimum atomic E-state index is -0.366. The third-order valence-electron chi connectivity index (χ3n) is 3.90. The lowest BCUT2D eigenvalue weighted by Gasteiger charge is -2.41. The van der Waals surface area contributed by atoms with E-state index < -0.39 is 0 Å². The summed E-state index contributed by atoms with van der Waals surface area (Å²) in [6.45, 7) is 12.5. The molecule has 0 amide bonds. The fraction of sp³-hybridized carbons (Fsp3) is 0.500. The molecule has 1 rings (SSSR count). The van der Waals surface area contributed by atoms with Crippen molar-refractivity contribution in [2.75, 3.05) is 13.1 Å². The third kappa shape index (κ3) is 3.01. The highest BCUT2D eigenvalue weighted by Gasteiger charge is 2.35. The maximum absolute atomic E-state index is 6.71. The number of benzene rings is 1. The SMILES string of the molecule is C=CCC(N)(c1ccccc1)C(C)N(CC)CC. The summed E-state index contributed by atoms with van der Waals surface area (Å²) in [5.41, 5.74) is 7.53. The summed E-state index contributed by atoms with van der Waals surface area (Å²) >= 11 is 0. The second-order valence-electron chi connectivity index (χ2n) is 4.80. The van der Waals surface area contributed by atoms with Crippen LogP contribution in [0.2, 0.25) is 0 Å². The van der Waals surface area contributed by atoms with Crippen LogP contribution in [0.15, 0.2) is 43.0 Å². The molecule has 2 nitrogen and oxygen atoms in total. The quantitative estimate of drug-likeness (QED) is 0.749. The van der Waals surface area contributed by atoms with Crippen molar-refractivity contribution in [3.8, 4) is 0 Å². The minimum Gasteiger partial charge on any atom is -0.320 e. The third-order valence-corrected chi connectivity index (χ3v) is 3.90. The van der Waals surface area contributed by atoms with Gasteiger partial charge in [-0.2, -0.15) is 0 Å². The van der Waals surface area contributed by atoms with E-state index in [1.807, 2.05) is 12.1 Å². The largest absolute Gasteiger partial charge is 0.320 e. The Morgan fingerprint density at radius 1 is 1.28 bits per heavy atom. The summed E-state index contributed by atoms with van der Waals surface area (Å²) in [4.78, 5) is 2.40. The number of hydrogen-bond donors (Lipinski definition) is 1. The Labute approximate surface area is 111 Å². The van der Waals surface area contributed by atoms with Crippen molar-refractivity contribution in [1.82, 2.24) is 4.90 Å². The molecule has 0 fully saturated rings. The van der Waals surface area contributed by atoms with Crippen LogP contribution in [0.3, 0.4) is 0 Å². The number of nitrogens with two attached hydrogens (primary N) is 1. The Morgan fingerprint density at radius 2 is 1.83 bits per heavy atom. The Morgan fingerprint density at radius 3 is 2.28 bits per heavy atom. The molecule has 18 heavy (non-hydrogen) atoms. The number of hydrogen-bond acceptors (Lipinski definition) is 2. The average molecular weight is 246 g/mol. The van der Waals surface area contributed by atoms with Crippen molar-refractivity contribution in [1.29, 1.82) is 0 Å². The van der Waals surface area contributed by atoms with E-state index in [0.717, 1.165) is 19.5 Å². The molecule has 0 saturated heterocycles. The van der Waals surface area contributed by atoms with Crippen molar-refractivity contribution >= 4 is 0 Å². The second kappa shape index (κ2) is 6.72. The number of rotatable bonds is 7. The van der Waals surface area contributed by atoms with E-state index in [-0.39, 0.29) is 11.6 Å². The molecule has 0 saturated carbocycles. The summed E-state index contributed by atoms with van der Waals surface area (Å²) in [7, 11) is 0. The molecule has 0 heterocycles. The Balaban J connectivity index is 3.10. The van der Waals surface area contributed by atoms with Gasteiger partial charge in [0.15, 0.2) is 0 Å². The van der Waals surface area contributed by atoms with E-state index >= 15 is 0 Å². The molecule has 0 radical (unpaired) electrons. The van der Waals surface area contributed by atoms with Crippen LogP contribution >= 0.6 is 0 Å². The van der Waals surface area contributed by atoms with Gasteiger partial charge in [0.1, 0.15) is 0 Å². The van der Waals surface area contributed by atoms with Crippen LogP contribution in [-0.4, -0.2) is 24.0 Å². The number of nitrogens with zero attached hydrogens (tertiary/aromatic N) is 1. The van der Waals surface area contributed by atoms with Crippen LogP contribution in [0.4, 0.5) is 0 Å². The van der Waals surface area contributed by atoms with Crippen molar-refractivity contribution in [2.24, 2.45) is 5.73 Å². The van der Waals surface area contributed by atoms with Gasteiger partial charge in [-0.1, -0.05) is 50.3 Å². The minimum absolute atomic E-state index is 0.285. The molecule has 1 aromatic carbocycles. The molecular weight excluding hydrogens is 220 g/mol. The molecule has 2 N–H and O–H groups in total. The first-order valence-corrected chi connectivity index (χ1v) is 6.79. The molecule has 0 aromatic heterocycles. The van der Waals surface area contributed by atoms with Gasteiger partial charge in [-0.25, -0.2) is 0 Å². The topological polar surface area (TPSA) is 29.3 Å². The monoisotopic (exact) mass is 246 g/mol. The van der Waals surface area contributed by atoms with Crippen molar-refractivity contribution in [3.05, 3.63) is 48.6 Å². The predicted octanol–water partition coefficient (Wildman–Crippen LogP) is 3.15. The van der Waals surface area contributed by atoms with Gasteiger partial charge in [0, 0.05) is 6.04 Å². The Bertz CT molecular complexity index is 357. The summed E-state index contributed by atoms with van der Waals surface area (Å²) in [5, 5.41) is 0. The van der Waals surface area contributed by atoms with E-state index in [1.165, 1.54) is 5.56 Å². The molecule has 0 aliphatic heterocycles. The van der Waals surface area contributed by atoms with Gasteiger partial charge < -0.3 is 5.73 Å². The van der Waals surface area contributed by atoms with Gasteiger partial charge >= 0.3 is 0 Å². The smallest absolute Gasteiger partial charge is 0.0599 e. The van der Waals surface area contributed by atoms with Crippen LogP contribution in [0, 0.1) is 0 Å². The van der Waals surface area contributed by atoms with E-state index in [4.69, 9.17) is 5.73 Å². The summed E-state index contributed by atoms with van der Waals surface area (Å²) in [6, 6.07) is 10.6. The highest BCUT2D eigenvalue weighted by molar-refractivity contribution is 5.27. The molecule has 0 aliphatic rings. The highest BCUT2D eigenvalue weighted by atomic mass is 15.2. The lowest BCUT2D eigenvalue weighted by Crippen LogP contribution is -2.54. The Hall–Kier alpha value is -1.12. The van der Waals surface area contributed by atoms with Gasteiger partial charge in [0.05, 0.1) is 5.54 Å². The van der Waals surface area contributed by atoms with Crippen LogP contribution in [0.1, 0.15) is 32.8 Å². The average Bonchev–Trinajstić information content (AvgIpc) is 2.41. The summed E-state index contributed by atoms with van der Waals surface area (Å²) < 4.78 is 0. The van der Waals surface area contributed by atoms with E-state index in [2.05, 4.69) is 56.5 Å². The first kappa shape index (κ1) is 14.9. The van der Waals surface area contributed by atoms with E-state index in [0.29, 0.717) is 0 Å². The van der Waals surface area contributed by atoms with E-state index in [9.17, 15) is 0 Å². The first-order chi connectivity index (χ1) is 8.60. The van der Waals surface area contributed by atoms with Gasteiger partial charge in [0.2, 0.25) is 0 Å². The molecule has 0 aliphatic carbocycles. The molecule has 2 unspecified atom stereocenters. The van der Waals surface area contributed by atoms with Crippen molar-refractivity contribution in [2.45, 2.75) is 38.8 Å². The van der Waals surface area contributed by atoms with Crippen LogP contribution in [0.25, 0.3) is 0 Å². The molecule has 1 aromatic rings. The number of likely N-dealkylation sites (N-methyl/N-ethyl adjacent to an activating group) is 1. The zero-order chi connectivity index (χ0) is 13.6. The van der Waals surface area contributed by atoms with Gasteiger partial charge in [-0.05, 0) is 32.0 Å². The lowest BCUT2D eigenvalue weighted by molar-refractivity contribution is 0.144. The maximum atomic E-state index is 6.71. The van der Waals surface area contributed by atoms with Crippen molar-refractivity contribution < 1.29 is 0 Å². The molecule has 2 atom stereocenters. The summed E-state index contributed by atoms with van der Waals surface area (Å²) in [5.74, 6) is 0. The predicted molar refractivity (Wildman–Crippen MR) is 79.5 cm³/mol. The van der Waals surface area contributed by atoms with Gasteiger partial charge in [-0.3, -0.25) is 4.90 Å². The van der Waals surface area contributed by atoms with Crippen LogP contribution < -0.4 is 5.73 Å².